The molecule has 1 N–H and O–H groups in total. The molecule has 0 fully saturated rings. The molecule has 0 spiro atoms. The summed E-state index contributed by atoms with van der Waals surface area (Å²) in [6.07, 6.45) is -3.04. The average molecular weight is 366 g/mol. The van der Waals surface area contributed by atoms with Crippen molar-refractivity contribution in [1.82, 2.24) is 24.9 Å². The van der Waals surface area contributed by atoms with Gasteiger partial charge in [-0.05, 0) is 22.0 Å². The highest BCUT2D eigenvalue weighted by atomic mass is 79.9. The van der Waals surface area contributed by atoms with Crippen LogP contribution in [-0.4, -0.2) is 25.5 Å². The maximum Gasteiger partial charge on any atom is 0.434 e. The number of alkyl halides is 3. The van der Waals surface area contributed by atoms with Crippen LogP contribution >= 0.6 is 15.9 Å². The Morgan fingerprint density at radius 2 is 2.05 bits per heavy atom. The number of nitrogens with one attached hydrogen (secondary N) is 1. The first kappa shape index (κ1) is 15.5. The van der Waals surface area contributed by atoms with Crippen LogP contribution in [0, 0.1) is 0 Å². The van der Waals surface area contributed by atoms with Gasteiger partial charge in [0.05, 0.1) is 16.7 Å². The Hall–Kier alpha value is -1.84. The number of amides is 1. The molecule has 0 bridgehead atoms. The van der Waals surface area contributed by atoms with E-state index >= 15 is 0 Å². The first-order valence-corrected chi connectivity index (χ1v) is 6.56. The van der Waals surface area contributed by atoms with E-state index in [-0.39, 0.29) is 16.7 Å². The first-order chi connectivity index (χ1) is 9.71. The normalized spacial score (nSPS) is 11.7. The molecular formula is C11H11BrF3N5O. The molecule has 10 heteroatoms. The van der Waals surface area contributed by atoms with Crippen molar-refractivity contribution in [1.29, 1.82) is 0 Å². The summed E-state index contributed by atoms with van der Waals surface area (Å²) >= 11 is 2.79. The van der Waals surface area contributed by atoms with E-state index in [0.717, 1.165) is 7.05 Å². The third kappa shape index (κ3) is 3.09. The summed E-state index contributed by atoms with van der Waals surface area (Å²) in [5.41, 5.74) is -0.605. The number of carbonyl (C=O) groups excluding carboxylic acids is 1. The van der Waals surface area contributed by atoms with Crippen LogP contribution in [-0.2, 0) is 26.8 Å². The molecule has 0 radical (unpaired) electrons. The van der Waals surface area contributed by atoms with E-state index in [1.54, 1.807) is 24.0 Å². The Kier molecular flexibility index (Phi) is 4.08. The molecule has 0 saturated heterocycles. The highest BCUT2D eigenvalue weighted by molar-refractivity contribution is 9.10. The standard InChI is InChI=1S/C11H11BrF3N5O/c1-19-6(3-4-17-19)5-16-10(21)8-7(12)9(11(13,14)15)20(2)18-8/h3-4H,5H2,1-2H3,(H,16,21). The molecule has 0 aliphatic heterocycles. The van der Waals surface area contributed by atoms with Gasteiger partial charge in [0.25, 0.3) is 5.91 Å². The molecule has 2 heterocycles. The van der Waals surface area contributed by atoms with Crippen LogP contribution in [0.25, 0.3) is 0 Å². The zero-order valence-electron chi connectivity index (χ0n) is 11.1. The highest BCUT2D eigenvalue weighted by Crippen LogP contribution is 2.36. The summed E-state index contributed by atoms with van der Waals surface area (Å²) in [4.78, 5) is 12.0. The second-order valence-electron chi connectivity index (χ2n) is 4.26. The minimum Gasteiger partial charge on any atom is -0.345 e. The van der Waals surface area contributed by atoms with E-state index in [4.69, 9.17) is 0 Å². The molecule has 0 aromatic carbocycles. The third-order valence-electron chi connectivity index (χ3n) is 2.83. The van der Waals surface area contributed by atoms with Gasteiger partial charge >= 0.3 is 6.18 Å². The van der Waals surface area contributed by atoms with E-state index in [1.165, 1.54) is 0 Å². The van der Waals surface area contributed by atoms with Crippen molar-refractivity contribution in [3.05, 3.63) is 33.8 Å². The number of hydrogen-bond acceptors (Lipinski definition) is 3. The number of rotatable bonds is 3. The van der Waals surface area contributed by atoms with Gasteiger partial charge in [-0.3, -0.25) is 14.2 Å². The smallest absolute Gasteiger partial charge is 0.345 e. The fraction of sp³-hybridized carbons (Fsp3) is 0.364. The second-order valence-corrected chi connectivity index (χ2v) is 5.05. The lowest BCUT2D eigenvalue weighted by atomic mass is 10.3. The quantitative estimate of drug-likeness (QED) is 0.902. The van der Waals surface area contributed by atoms with Crippen LogP contribution in [0.3, 0.4) is 0 Å². The number of halogens is 4. The van der Waals surface area contributed by atoms with Crippen LogP contribution < -0.4 is 5.32 Å². The monoisotopic (exact) mass is 365 g/mol. The lowest BCUT2D eigenvalue weighted by Gasteiger charge is -2.06. The Morgan fingerprint density at radius 1 is 1.38 bits per heavy atom. The second kappa shape index (κ2) is 5.51. The molecular weight excluding hydrogens is 355 g/mol. The zero-order chi connectivity index (χ0) is 15.8. The topological polar surface area (TPSA) is 64.7 Å². The van der Waals surface area contributed by atoms with Gasteiger partial charge in [0.2, 0.25) is 0 Å². The number of carbonyl (C=O) groups is 1. The van der Waals surface area contributed by atoms with Gasteiger partial charge in [-0.25, -0.2) is 0 Å². The molecule has 2 aromatic rings. The lowest BCUT2D eigenvalue weighted by molar-refractivity contribution is -0.144. The molecule has 2 aromatic heterocycles. The molecule has 0 unspecified atom stereocenters. The summed E-state index contributed by atoms with van der Waals surface area (Å²) < 4.78 is 40.2. The molecule has 0 saturated carbocycles. The summed E-state index contributed by atoms with van der Waals surface area (Å²) in [5, 5.41) is 10.0. The summed E-state index contributed by atoms with van der Waals surface area (Å²) in [5.74, 6) is -0.700. The Labute approximate surface area is 126 Å². The van der Waals surface area contributed by atoms with Crippen molar-refractivity contribution in [2.75, 3.05) is 0 Å². The van der Waals surface area contributed by atoms with Gasteiger partial charge in [0, 0.05) is 20.3 Å². The Bertz CT molecular complexity index is 676. The van der Waals surface area contributed by atoms with Crippen LogP contribution in [0.15, 0.2) is 16.7 Å². The Morgan fingerprint density at radius 3 is 2.52 bits per heavy atom. The molecule has 114 valence electrons. The number of hydrogen-bond donors (Lipinski definition) is 1. The maximum absolute atomic E-state index is 12.8. The van der Waals surface area contributed by atoms with Crippen LogP contribution in [0.4, 0.5) is 13.2 Å². The van der Waals surface area contributed by atoms with Crippen molar-refractivity contribution in [3.63, 3.8) is 0 Å². The molecule has 0 aliphatic carbocycles. The van der Waals surface area contributed by atoms with Crippen molar-refractivity contribution in [2.24, 2.45) is 14.1 Å². The van der Waals surface area contributed by atoms with E-state index in [9.17, 15) is 18.0 Å². The average Bonchev–Trinajstić information content (AvgIpc) is 2.89. The van der Waals surface area contributed by atoms with E-state index < -0.39 is 17.8 Å². The molecule has 2 rings (SSSR count). The van der Waals surface area contributed by atoms with E-state index in [0.29, 0.717) is 10.4 Å². The molecule has 6 nitrogen and oxygen atoms in total. The van der Waals surface area contributed by atoms with Crippen molar-refractivity contribution in [3.8, 4) is 0 Å². The Balaban J connectivity index is 2.19. The molecule has 1 amide bonds. The fourth-order valence-electron chi connectivity index (χ4n) is 1.78. The SMILES string of the molecule is Cn1nccc1CNC(=O)c1nn(C)c(C(F)(F)F)c1Br. The van der Waals surface area contributed by atoms with Gasteiger partial charge in [-0.2, -0.15) is 23.4 Å². The fourth-order valence-corrected chi connectivity index (χ4v) is 2.52. The van der Waals surface area contributed by atoms with Gasteiger partial charge in [0.15, 0.2) is 11.4 Å². The number of aryl methyl sites for hydroxylation is 2. The third-order valence-corrected chi connectivity index (χ3v) is 3.58. The van der Waals surface area contributed by atoms with Gasteiger partial charge in [0.1, 0.15) is 0 Å². The van der Waals surface area contributed by atoms with Crippen LogP contribution in [0.5, 0.6) is 0 Å². The molecule has 0 aliphatic rings. The van der Waals surface area contributed by atoms with E-state index in [1.807, 2.05) is 0 Å². The predicted molar refractivity (Wildman–Crippen MR) is 70.3 cm³/mol. The largest absolute Gasteiger partial charge is 0.434 e. The molecule has 0 atom stereocenters. The summed E-state index contributed by atoms with van der Waals surface area (Å²) in [7, 11) is 2.82. The summed E-state index contributed by atoms with van der Waals surface area (Å²) in [6, 6.07) is 1.69. The minimum absolute atomic E-state index is 0.139. The first-order valence-electron chi connectivity index (χ1n) is 5.76. The minimum atomic E-state index is -4.60. The lowest BCUT2D eigenvalue weighted by Crippen LogP contribution is -2.25. The predicted octanol–water partition coefficient (Wildman–Crippen LogP) is 1.86. The van der Waals surface area contributed by atoms with Gasteiger partial charge in [-0.1, -0.05) is 0 Å². The van der Waals surface area contributed by atoms with E-state index in [2.05, 4.69) is 31.4 Å². The number of nitrogens with zero attached hydrogens (tertiary/aromatic N) is 4. The zero-order valence-corrected chi connectivity index (χ0v) is 12.7. The van der Waals surface area contributed by atoms with Gasteiger partial charge < -0.3 is 5.32 Å². The molecule has 21 heavy (non-hydrogen) atoms. The summed E-state index contributed by atoms with van der Waals surface area (Å²) in [6.45, 7) is 0.139. The highest BCUT2D eigenvalue weighted by Gasteiger charge is 2.39. The maximum atomic E-state index is 12.8. The van der Waals surface area contributed by atoms with Crippen LogP contribution in [0.2, 0.25) is 0 Å². The van der Waals surface area contributed by atoms with Crippen molar-refractivity contribution in [2.45, 2.75) is 12.7 Å². The van der Waals surface area contributed by atoms with Crippen LogP contribution in [0.1, 0.15) is 21.9 Å². The number of aromatic nitrogens is 4. The van der Waals surface area contributed by atoms with Crippen molar-refractivity contribution >= 4 is 21.8 Å². The van der Waals surface area contributed by atoms with Crippen molar-refractivity contribution < 1.29 is 18.0 Å². The van der Waals surface area contributed by atoms with Gasteiger partial charge in [-0.15, -0.1) is 0 Å².